The number of likely N-dealkylation sites (N-methyl/N-ethyl adjacent to an activating group) is 2. The highest BCUT2D eigenvalue weighted by Crippen LogP contribution is 2.15. The fourth-order valence-corrected chi connectivity index (χ4v) is 2.29. The van der Waals surface area contributed by atoms with Crippen molar-refractivity contribution in [2.75, 3.05) is 33.3 Å². The lowest BCUT2D eigenvalue weighted by molar-refractivity contribution is -0.0456. The Balaban J connectivity index is 2.38. The molecule has 1 aliphatic heterocycles. The summed E-state index contributed by atoms with van der Waals surface area (Å²) < 4.78 is 5.89. The maximum Gasteiger partial charge on any atom is 0.0855 e. The largest absolute Gasteiger partial charge is 0.374 e. The fraction of sp³-hybridized carbons (Fsp3) is 1.00. The summed E-state index contributed by atoms with van der Waals surface area (Å²) in [7, 11) is 2.05. The van der Waals surface area contributed by atoms with Crippen molar-refractivity contribution in [3.63, 3.8) is 0 Å². The van der Waals surface area contributed by atoms with Crippen LogP contribution in [0.25, 0.3) is 0 Å². The van der Waals surface area contributed by atoms with Gasteiger partial charge in [0.2, 0.25) is 0 Å². The van der Waals surface area contributed by atoms with E-state index in [0.29, 0.717) is 12.1 Å². The molecule has 0 spiro atoms. The van der Waals surface area contributed by atoms with Gasteiger partial charge in [0.15, 0.2) is 0 Å². The lowest BCUT2D eigenvalue weighted by Gasteiger charge is -2.36. The normalized spacial score (nSPS) is 24.9. The Morgan fingerprint density at radius 2 is 2.12 bits per heavy atom. The molecular weight excluding hydrogens is 200 g/mol. The number of hydrogen-bond donors (Lipinski definition) is 1. The summed E-state index contributed by atoms with van der Waals surface area (Å²) in [5.41, 5.74) is 0. The molecule has 0 aromatic carbocycles. The van der Waals surface area contributed by atoms with E-state index in [1.165, 1.54) is 12.8 Å². The van der Waals surface area contributed by atoms with Crippen LogP contribution in [0, 0.1) is 5.92 Å². The van der Waals surface area contributed by atoms with Gasteiger partial charge in [-0.05, 0) is 32.4 Å². The smallest absolute Gasteiger partial charge is 0.0855 e. The van der Waals surface area contributed by atoms with Gasteiger partial charge >= 0.3 is 0 Å². The zero-order chi connectivity index (χ0) is 12.0. The van der Waals surface area contributed by atoms with Crippen LogP contribution in [0.2, 0.25) is 0 Å². The number of nitrogens with one attached hydrogen (secondary N) is 1. The van der Waals surface area contributed by atoms with E-state index in [2.05, 4.69) is 38.0 Å². The SMILES string of the molecule is CCN1CCOC(C(CCC(C)C)NC)C1. The topological polar surface area (TPSA) is 24.5 Å². The molecule has 16 heavy (non-hydrogen) atoms. The van der Waals surface area contributed by atoms with E-state index in [0.717, 1.165) is 32.2 Å². The summed E-state index contributed by atoms with van der Waals surface area (Å²) in [6.07, 6.45) is 2.87. The second-order valence-electron chi connectivity index (χ2n) is 5.17. The van der Waals surface area contributed by atoms with Gasteiger partial charge in [-0.2, -0.15) is 0 Å². The standard InChI is InChI=1S/C13H28N2O/c1-5-15-8-9-16-13(10-15)12(14-4)7-6-11(2)3/h11-14H,5-10H2,1-4H3. The van der Waals surface area contributed by atoms with Crippen LogP contribution in [-0.4, -0.2) is 50.3 Å². The van der Waals surface area contributed by atoms with Crippen LogP contribution in [0.5, 0.6) is 0 Å². The second kappa shape index (κ2) is 7.25. The van der Waals surface area contributed by atoms with Crippen molar-refractivity contribution in [1.82, 2.24) is 10.2 Å². The average Bonchev–Trinajstić information content (AvgIpc) is 2.30. The van der Waals surface area contributed by atoms with E-state index in [9.17, 15) is 0 Å². The number of hydrogen-bond acceptors (Lipinski definition) is 3. The van der Waals surface area contributed by atoms with Crippen LogP contribution < -0.4 is 5.32 Å². The summed E-state index contributed by atoms with van der Waals surface area (Å²) in [4.78, 5) is 2.48. The van der Waals surface area contributed by atoms with Crippen LogP contribution >= 0.6 is 0 Å². The number of morpholine rings is 1. The molecule has 1 N–H and O–H groups in total. The van der Waals surface area contributed by atoms with Gasteiger partial charge in [0, 0.05) is 19.1 Å². The maximum absolute atomic E-state index is 5.89. The van der Waals surface area contributed by atoms with Crippen LogP contribution in [0.4, 0.5) is 0 Å². The maximum atomic E-state index is 5.89. The molecule has 0 aromatic heterocycles. The molecule has 2 unspecified atom stereocenters. The Morgan fingerprint density at radius 1 is 1.38 bits per heavy atom. The van der Waals surface area contributed by atoms with E-state index >= 15 is 0 Å². The van der Waals surface area contributed by atoms with E-state index in [-0.39, 0.29) is 0 Å². The minimum atomic E-state index is 0.373. The molecule has 96 valence electrons. The van der Waals surface area contributed by atoms with Crippen LogP contribution in [-0.2, 0) is 4.74 Å². The first-order valence-corrected chi connectivity index (χ1v) is 6.68. The van der Waals surface area contributed by atoms with Crippen LogP contribution in [0.3, 0.4) is 0 Å². The van der Waals surface area contributed by atoms with Gasteiger partial charge in [-0.25, -0.2) is 0 Å². The lowest BCUT2D eigenvalue weighted by atomic mass is 9.98. The average molecular weight is 228 g/mol. The third kappa shape index (κ3) is 4.40. The van der Waals surface area contributed by atoms with E-state index < -0.39 is 0 Å². The van der Waals surface area contributed by atoms with Gasteiger partial charge in [-0.3, -0.25) is 4.90 Å². The first kappa shape index (κ1) is 13.9. The van der Waals surface area contributed by atoms with Crippen molar-refractivity contribution in [1.29, 1.82) is 0 Å². The molecule has 0 amide bonds. The van der Waals surface area contributed by atoms with Gasteiger partial charge in [-0.15, -0.1) is 0 Å². The van der Waals surface area contributed by atoms with E-state index in [1.807, 2.05) is 0 Å². The Bertz CT molecular complexity index is 185. The van der Waals surface area contributed by atoms with Crippen molar-refractivity contribution in [2.45, 2.75) is 45.8 Å². The summed E-state index contributed by atoms with van der Waals surface area (Å²) in [5, 5.41) is 3.42. The molecule has 2 atom stereocenters. The monoisotopic (exact) mass is 228 g/mol. The molecular formula is C13H28N2O. The quantitative estimate of drug-likeness (QED) is 0.749. The molecule has 1 saturated heterocycles. The first-order valence-electron chi connectivity index (χ1n) is 6.68. The minimum absolute atomic E-state index is 0.373. The van der Waals surface area contributed by atoms with Crippen molar-refractivity contribution >= 4 is 0 Å². The highest BCUT2D eigenvalue weighted by Gasteiger charge is 2.26. The molecule has 1 aliphatic rings. The fourth-order valence-electron chi connectivity index (χ4n) is 2.29. The Kier molecular flexibility index (Phi) is 6.32. The third-order valence-electron chi connectivity index (χ3n) is 3.50. The predicted molar refractivity (Wildman–Crippen MR) is 68.8 cm³/mol. The van der Waals surface area contributed by atoms with Crippen LogP contribution in [0.1, 0.15) is 33.6 Å². The predicted octanol–water partition coefficient (Wildman–Crippen LogP) is 1.73. The molecule has 3 heteroatoms. The van der Waals surface area contributed by atoms with Crippen molar-refractivity contribution < 1.29 is 4.74 Å². The molecule has 0 saturated carbocycles. The Hall–Kier alpha value is -0.120. The zero-order valence-electron chi connectivity index (χ0n) is 11.3. The highest BCUT2D eigenvalue weighted by molar-refractivity contribution is 4.82. The molecule has 3 nitrogen and oxygen atoms in total. The summed E-state index contributed by atoms with van der Waals surface area (Å²) in [6, 6.07) is 0.511. The molecule has 0 bridgehead atoms. The number of ether oxygens (including phenoxy) is 1. The highest BCUT2D eigenvalue weighted by atomic mass is 16.5. The molecule has 1 rings (SSSR count). The number of nitrogens with zero attached hydrogens (tertiary/aromatic N) is 1. The lowest BCUT2D eigenvalue weighted by Crippen LogP contribution is -2.51. The van der Waals surface area contributed by atoms with Gasteiger partial charge in [-0.1, -0.05) is 20.8 Å². The minimum Gasteiger partial charge on any atom is -0.374 e. The summed E-state index contributed by atoms with van der Waals surface area (Å²) in [5.74, 6) is 0.779. The first-order chi connectivity index (χ1) is 7.67. The van der Waals surface area contributed by atoms with Crippen molar-refractivity contribution in [3.8, 4) is 0 Å². The van der Waals surface area contributed by atoms with E-state index in [4.69, 9.17) is 4.74 Å². The Morgan fingerprint density at radius 3 is 2.69 bits per heavy atom. The molecule has 1 fully saturated rings. The van der Waals surface area contributed by atoms with Crippen LogP contribution in [0.15, 0.2) is 0 Å². The van der Waals surface area contributed by atoms with Gasteiger partial charge in [0.05, 0.1) is 12.7 Å². The van der Waals surface area contributed by atoms with Gasteiger partial charge in [0.1, 0.15) is 0 Å². The zero-order valence-corrected chi connectivity index (χ0v) is 11.3. The van der Waals surface area contributed by atoms with Gasteiger partial charge < -0.3 is 10.1 Å². The summed E-state index contributed by atoms with van der Waals surface area (Å²) >= 11 is 0. The Labute approximate surface area is 101 Å². The van der Waals surface area contributed by atoms with Gasteiger partial charge in [0.25, 0.3) is 0 Å². The van der Waals surface area contributed by atoms with Crippen molar-refractivity contribution in [3.05, 3.63) is 0 Å². The molecule has 1 heterocycles. The van der Waals surface area contributed by atoms with E-state index in [1.54, 1.807) is 0 Å². The third-order valence-corrected chi connectivity index (χ3v) is 3.50. The molecule has 0 aromatic rings. The summed E-state index contributed by atoms with van der Waals surface area (Å²) in [6.45, 7) is 11.0. The molecule has 0 aliphatic carbocycles. The second-order valence-corrected chi connectivity index (χ2v) is 5.17. The van der Waals surface area contributed by atoms with Crippen molar-refractivity contribution in [2.24, 2.45) is 5.92 Å². The molecule has 0 radical (unpaired) electrons. The number of rotatable bonds is 6.